The van der Waals surface area contributed by atoms with Crippen molar-refractivity contribution in [3.05, 3.63) is 60.7 Å². The van der Waals surface area contributed by atoms with Crippen molar-refractivity contribution in [1.82, 2.24) is 9.97 Å². The van der Waals surface area contributed by atoms with Crippen LogP contribution in [0.2, 0.25) is 0 Å². The average Bonchev–Trinajstić information content (AvgIpc) is 2.33. The summed E-state index contributed by atoms with van der Waals surface area (Å²) in [5, 5.41) is -0.185. The van der Waals surface area contributed by atoms with Crippen molar-refractivity contribution >= 4 is 17.7 Å². The van der Waals surface area contributed by atoms with Crippen molar-refractivity contribution in [3.8, 4) is 0 Å². The summed E-state index contributed by atoms with van der Waals surface area (Å²) in [6.07, 6.45) is 4.88. The topological polar surface area (TPSA) is 42.9 Å². The van der Waals surface area contributed by atoms with Gasteiger partial charge in [0, 0.05) is 18.0 Å². The Morgan fingerprint density at radius 2 is 1.60 bits per heavy atom. The van der Waals surface area contributed by atoms with Gasteiger partial charge in [0.15, 0.2) is 0 Å². The first-order valence-electron chi connectivity index (χ1n) is 4.29. The van der Waals surface area contributed by atoms with E-state index in [-0.39, 0.29) is 5.12 Å². The Morgan fingerprint density at radius 3 is 1.87 bits per heavy atom. The van der Waals surface area contributed by atoms with E-state index in [1.165, 1.54) is 6.33 Å². The summed E-state index contributed by atoms with van der Waals surface area (Å²) in [4.78, 5) is 17.9. The minimum absolute atomic E-state index is 0.185. The minimum Gasteiger partial charge on any atom is -0.282 e. The van der Waals surface area contributed by atoms with Gasteiger partial charge in [-0.05, 0) is 6.07 Å². The molecule has 1 aromatic heterocycles. The molecule has 0 aliphatic carbocycles. The number of carbonyl (C=O) groups is 1. The molecule has 0 radical (unpaired) electrons. The second kappa shape index (κ2) is 6.73. The van der Waals surface area contributed by atoms with Crippen LogP contribution in [-0.2, 0) is 0 Å². The molecule has 0 unspecified atom stereocenters. The zero-order valence-electron chi connectivity index (χ0n) is 7.95. The van der Waals surface area contributed by atoms with Gasteiger partial charge in [-0.3, -0.25) is 4.79 Å². The molecule has 0 aliphatic rings. The van der Waals surface area contributed by atoms with Crippen LogP contribution in [0.3, 0.4) is 0 Å². The third-order valence-corrected chi connectivity index (χ3v) is 1.76. The zero-order valence-corrected chi connectivity index (χ0v) is 8.84. The van der Waals surface area contributed by atoms with E-state index in [1.54, 1.807) is 30.6 Å². The highest BCUT2D eigenvalue weighted by atomic mass is 32.1. The van der Waals surface area contributed by atoms with Crippen molar-refractivity contribution in [1.29, 1.82) is 0 Å². The number of benzene rings is 1. The van der Waals surface area contributed by atoms with E-state index in [2.05, 4.69) is 22.6 Å². The van der Waals surface area contributed by atoms with E-state index in [4.69, 9.17) is 0 Å². The number of carbonyl (C=O) groups excluding carboxylic acids is 1. The summed E-state index contributed by atoms with van der Waals surface area (Å²) in [5.41, 5.74) is 0.640. The fourth-order valence-electron chi connectivity index (χ4n) is 0.834. The number of aromatic nitrogens is 2. The van der Waals surface area contributed by atoms with Gasteiger partial charge in [-0.15, -0.1) is 12.6 Å². The first-order chi connectivity index (χ1) is 7.30. The second-order valence-corrected chi connectivity index (χ2v) is 2.98. The molecule has 0 atom stereocenters. The lowest BCUT2D eigenvalue weighted by Crippen LogP contribution is -1.84. The van der Waals surface area contributed by atoms with E-state index >= 15 is 0 Å². The van der Waals surface area contributed by atoms with Crippen LogP contribution >= 0.6 is 12.6 Å². The van der Waals surface area contributed by atoms with Crippen LogP contribution in [0.25, 0.3) is 0 Å². The molecule has 2 rings (SSSR count). The van der Waals surface area contributed by atoms with Crippen LogP contribution in [0.1, 0.15) is 10.4 Å². The van der Waals surface area contributed by atoms with E-state index in [1.807, 2.05) is 18.2 Å². The predicted molar refractivity (Wildman–Crippen MR) is 61.8 cm³/mol. The van der Waals surface area contributed by atoms with Crippen molar-refractivity contribution in [3.63, 3.8) is 0 Å². The van der Waals surface area contributed by atoms with Crippen molar-refractivity contribution in [2.75, 3.05) is 0 Å². The molecule has 15 heavy (non-hydrogen) atoms. The van der Waals surface area contributed by atoms with Crippen LogP contribution in [0.4, 0.5) is 0 Å². The van der Waals surface area contributed by atoms with E-state index < -0.39 is 0 Å². The Hall–Kier alpha value is -1.68. The van der Waals surface area contributed by atoms with Crippen molar-refractivity contribution < 1.29 is 4.79 Å². The molecule has 76 valence electrons. The number of rotatable bonds is 1. The fraction of sp³-hybridized carbons (Fsp3) is 0. The van der Waals surface area contributed by atoms with Gasteiger partial charge in [0.05, 0.1) is 0 Å². The number of nitrogens with zero attached hydrogens (tertiary/aromatic N) is 2. The first-order valence-corrected chi connectivity index (χ1v) is 4.74. The molecule has 0 aliphatic heterocycles. The molecule has 0 spiro atoms. The molecular formula is C11H10N2OS. The Balaban J connectivity index is 0.000000162. The summed E-state index contributed by atoms with van der Waals surface area (Å²) >= 11 is 3.65. The van der Waals surface area contributed by atoms with Gasteiger partial charge in [-0.1, -0.05) is 30.3 Å². The van der Waals surface area contributed by atoms with Crippen LogP contribution in [0.5, 0.6) is 0 Å². The highest BCUT2D eigenvalue weighted by Gasteiger charge is 1.94. The lowest BCUT2D eigenvalue weighted by molar-refractivity contribution is 0.109. The van der Waals surface area contributed by atoms with E-state index in [0.717, 1.165) is 0 Å². The molecule has 0 saturated carbocycles. The maximum Gasteiger partial charge on any atom is 0.216 e. The molecule has 2 aromatic rings. The molecule has 1 heterocycles. The summed E-state index contributed by atoms with van der Waals surface area (Å²) < 4.78 is 0. The maximum atomic E-state index is 10.5. The number of thiol groups is 1. The van der Waals surface area contributed by atoms with Crippen molar-refractivity contribution in [2.45, 2.75) is 0 Å². The zero-order chi connectivity index (χ0) is 10.9. The first kappa shape index (κ1) is 11.4. The van der Waals surface area contributed by atoms with Gasteiger partial charge >= 0.3 is 0 Å². The highest BCUT2D eigenvalue weighted by molar-refractivity contribution is 7.97. The normalized spacial score (nSPS) is 8.60. The Kier molecular flexibility index (Phi) is 5.11. The third kappa shape index (κ3) is 4.93. The SMILES string of the molecule is O=C(S)c1ccccc1.c1cncnc1. The van der Waals surface area contributed by atoms with Gasteiger partial charge in [0.25, 0.3) is 0 Å². The Morgan fingerprint density at radius 1 is 1.00 bits per heavy atom. The molecule has 4 heteroatoms. The largest absolute Gasteiger partial charge is 0.282 e. The lowest BCUT2D eigenvalue weighted by Gasteiger charge is -1.88. The minimum atomic E-state index is -0.185. The molecule has 0 N–H and O–H groups in total. The fourth-order valence-corrected chi connectivity index (χ4v) is 0.983. The molecule has 0 amide bonds. The number of hydrogen-bond donors (Lipinski definition) is 1. The molecule has 0 bridgehead atoms. The van der Waals surface area contributed by atoms with E-state index in [9.17, 15) is 4.79 Å². The van der Waals surface area contributed by atoms with Crippen LogP contribution < -0.4 is 0 Å². The van der Waals surface area contributed by atoms with Crippen LogP contribution in [-0.4, -0.2) is 15.1 Å². The predicted octanol–water partition coefficient (Wildman–Crippen LogP) is 2.23. The number of hydrogen-bond acceptors (Lipinski definition) is 3. The van der Waals surface area contributed by atoms with Gasteiger partial charge in [-0.25, -0.2) is 9.97 Å². The molecule has 1 aromatic carbocycles. The summed E-state index contributed by atoms with van der Waals surface area (Å²) in [5.74, 6) is 0. The molecule has 3 nitrogen and oxygen atoms in total. The smallest absolute Gasteiger partial charge is 0.216 e. The molecular weight excluding hydrogens is 208 g/mol. The second-order valence-electron chi connectivity index (χ2n) is 2.58. The van der Waals surface area contributed by atoms with Crippen LogP contribution in [0, 0.1) is 0 Å². The standard InChI is InChI=1S/C7H6OS.C4H4N2/c8-7(9)6-4-2-1-3-5-6;1-2-5-4-6-3-1/h1-5H,(H,8,9);1-4H. The quantitative estimate of drug-likeness (QED) is 0.746. The monoisotopic (exact) mass is 218 g/mol. The highest BCUT2D eigenvalue weighted by Crippen LogP contribution is 2.00. The Labute approximate surface area is 93.6 Å². The summed E-state index contributed by atoms with van der Waals surface area (Å²) in [6.45, 7) is 0. The summed E-state index contributed by atoms with van der Waals surface area (Å²) in [7, 11) is 0. The molecule has 0 fully saturated rings. The van der Waals surface area contributed by atoms with E-state index in [0.29, 0.717) is 5.56 Å². The Bertz CT molecular complexity index is 365. The molecule has 0 saturated heterocycles. The van der Waals surface area contributed by atoms with Crippen LogP contribution in [0.15, 0.2) is 55.1 Å². The van der Waals surface area contributed by atoms with Crippen molar-refractivity contribution in [2.24, 2.45) is 0 Å². The van der Waals surface area contributed by atoms with Gasteiger partial charge in [0.1, 0.15) is 6.33 Å². The average molecular weight is 218 g/mol. The lowest BCUT2D eigenvalue weighted by atomic mass is 10.2. The van der Waals surface area contributed by atoms with Gasteiger partial charge < -0.3 is 0 Å². The maximum absolute atomic E-state index is 10.5. The van der Waals surface area contributed by atoms with Gasteiger partial charge in [0.2, 0.25) is 5.12 Å². The third-order valence-electron chi connectivity index (χ3n) is 1.50. The van der Waals surface area contributed by atoms with Gasteiger partial charge in [-0.2, -0.15) is 0 Å². The summed E-state index contributed by atoms with van der Waals surface area (Å²) in [6, 6.07) is 10.7.